The highest BCUT2D eigenvalue weighted by Crippen LogP contribution is 2.05. The molecule has 0 rings (SSSR count). The van der Waals surface area contributed by atoms with Crippen molar-refractivity contribution >= 4 is 0 Å². The summed E-state index contributed by atoms with van der Waals surface area (Å²) in [5, 5.41) is 0. The zero-order valence-corrected chi connectivity index (χ0v) is 7.31. The maximum absolute atomic E-state index is 2.12. The van der Waals surface area contributed by atoms with Gasteiger partial charge in [-0.15, -0.1) is 0 Å². The summed E-state index contributed by atoms with van der Waals surface area (Å²) in [4.78, 5) is 0. The molecule has 0 heteroatoms. The second-order valence-electron chi connectivity index (χ2n) is 2.37. The second-order valence-corrected chi connectivity index (χ2v) is 2.37. The lowest BCUT2D eigenvalue weighted by atomic mass is 10.1. The molecule has 0 unspecified atom stereocenters. The number of allylic oxidation sites excluding steroid dienone is 6. The molecule has 0 aliphatic carbocycles. The minimum absolute atomic E-state index is 1.33. The summed E-state index contributed by atoms with van der Waals surface area (Å²) in [5.41, 5.74) is 2.67. The molecule has 10 heavy (non-hydrogen) atoms. The first-order valence-corrected chi connectivity index (χ1v) is 3.65. The summed E-state index contributed by atoms with van der Waals surface area (Å²) in [5.74, 6) is 0. The second kappa shape index (κ2) is 5.04. The summed E-state index contributed by atoms with van der Waals surface area (Å²) in [6, 6.07) is 0. The van der Waals surface area contributed by atoms with E-state index in [1.165, 1.54) is 11.1 Å². The van der Waals surface area contributed by atoms with Gasteiger partial charge >= 0.3 is 0 Å². The van der Waals surface area contributed by atoms with E-state index in [-0.39, 0.29) is 0 Å². The van der Waals surface area contributed by atoms with Crippen LogP contribution >= 0.6 is 0 Å². The Bertz CT molecular complexity index is 148. The molecule has 0 aliphatic rings. The van der Waals surface area contributed by atoms with E-state index in [0.29, 0.717) is 0 Å². The van der Waals surface area contributed by atoms with Gasteiger partial charge in [0.15, 0.2) is 0 Å². The van der Waals surface area contributed by atoms with Crippen molar-refractivity contribution in [3.8, 4) is 0 Å². The first kappa shape index (κ1) is 9.22. The van der Waals surface area contributed by atoms with Gasteiger partial charge in [-0.1, -0.05) is 24.3 Å². The Balaban J connectivity index is 4.33. The van der Waals surface area contributed by atoms with Crippen LogP contribution in [-0.2, 0) is 0 Å². The van der Waals surface area contributed by atoms with Gasteiger partial charge in [-0.2, -0.15) is 0 Å². The molecule has 0 spiro atoms. The molecule has 0 nitrogen and oxygen atoms in total. The molecule has 0 bridgehead atoms. The predicted molar refractivity (Wildman–Crippen MR) is 48.0 cm³/mol. The molecule has 0 saturated carbocycles. The monoisotopic (exact) mass is 136 g/mol. The van der Waals surface area contributed by atoms with Crippen LogP contribution in [0.5, 0.6) is 0 Å². The van der Waals surface area contributed by atoms with Gasteiger partial charge in [0.2, 0.25) is 0 Å². The fourth-order valence-electron chi connectivity index (χ4n) is 0.763. The summed E-state index contributed by atoms with van der Waals surface area (Å²) >= 11 is 0. The molecule has 0 aromatic rings. The van der Waals surface area contributed by atoms with Crippen LogP contribution < -0.4 is 0 Å². The molecule has 0 aromatic carbocycles. The summed E-state index contributed by atoms with van der Waals surface area (Å²) in [6.07, 6.45) is 8.36. The van der Waals surface area contributed by atoms with Crippen LogP contribution in [0, 0.1) is 0 Å². The molecule has 0 saturated heterocycles. The van der Waals surface area contributed by atoms with Gasteiger partial charge in [0.25, 0.3) is 0 Å². The van der Waals surface area contributed by atoms with Gasteiger partial charge in [-0.3, -0.25) is 0 Å². The molecule has 56 valence electrons. The zero-order valence-electron chi connectivity index (χ0n) is 7.31. The molecule has 0 amide bonds. The molecule has 0 aliphatic heterocycles. The predicted octanol–water partition coefficient (Wildman–Crippen LogP) is 3.48. The third-order valence-electron chi connectivity index (χ3n) is 1.46. The van der Waals surface area contributed by atoms with Crippen molar-refractivity contribution in [1.82, 2.24) is 0 Å². The number of rotatable bonds is 2. The van der Waals surface area contributed by atoms with Crippen molar-refractivity contribution in [1.29, 1.82) is 0 Å². The average Bonchev–Trinajstić information content (AvgIpc) is 1.89. The molecule has 0 N–H and O–H groups in total. The highest BCUT2D eigenvalue weighted by Gasteiger charge is 1.84. The molecule has 0 aromatic heterocycles. The van der Waals surface area contributed by atoms with Crippen LogP contribution in [0.15, 0.2) is 35.5 Å². The SMILES string of the molecule is C\C=C/C(C)=C(C)\C=C\C. The van der Waals surface area contributed by atoms with E-state index < -0.39 is 0 Å². The minimum Gasteiger partial charge on any atom is -0.0874 e. The molecule has 0 atom stereocenters. The Morgan fingerprint density at radius 1 is 0.800 bits per heavy atom. The Morgan fingerprint density at radius 2 is 1.10 bits per heavy atom. The van der Waals surface area contributed by atoms with Crippen LogP contribution in [0.2, 0.25) is 0 Å². The fraction of sp³-hybridized carbons (Fsp3) is 0.400. The lowest BCUT2D eigenvalue weighted by Gasteiger charge is -1.94. The van der Waals surface area contributed by atoms with Crippen LogP contribution in [-0.4, -0.2) is 0 Å². The van der Waals surface area contributed by atoms with Crippen LogP contribution in [0.4, 0.5) is 0 Å². The van der Waals surface area contributed by atoms with Crippen molar-refractivity contribution < 1.29 is 0 Å². The highest BCUT2D eigenvalue weighted by molar-refractivity contribution is 5.29. The average molecular weight is 136 g/mol. The first-order chi connectivity index (χ1) is 4.72. The lowest BCUT2D eigenvalue weighted by Crippen LogP contribution is -1.74. The summed E-state index contributed by atoms with van der Waals surface area (Å²) in [7, 11) is 0. The third-order valence-corrected chi connectivity index (χ3v) is 1.46. The quantitative estimate of drug-likeness (QED) is 0.510. The largest absolute Gasteiger partial charge is 0.0874 e. The van der Waals surface area contributed by atoms with Crippen molar-refractivity contribution in [3.63, 3.8) is 0 Å². The molecule has 0 radical (unpaired) electrons. The van der Waals surface area contributed by atoms with Gasteiger partial charge in [-0.25, -0.2) is 0 Å². The van der Waals surface area contributed by atoms with E-state index in [0.717, 1.165) is 0 Å². The third kappa shape index (κ3) is 3.29. The normalized spacial score (nSPS) is 14.8. The maximum atomic E-state index is 2.12. The first-order valence-electron chi connectivity index (χ1n) is 3.65. The van der Waals surface area contributed by atoms with E-state index in [2.05, 4.69) is 38.2 Å². The van der Waals surface area contributed by atoms with E-state index in [4.69, 9.17) is 0 Å². The van der Waals surface area contributed by atoms with Gasteiger partial charge in [-0.05, 0) is 38.8 Å². The minimum atomic E-state index is 1.33. The number of hydrogen-bond acceptors (Lipinski definition) is 0. The van der Waals surface area contributed by atoms with Crippen molar-refractivity contribution in [3.05, 3.63) is 35.5 Å². The number of hydrogen-bond donors (Lipinski definition) is 0. The molecule has 0 fully saturated rings. The fourth-order valence-corrected chi connectivity index (χ4v) is 0.763. The van der Waals surface area contributed by atoms with Gasteiger partial charge in [0.05, 0.1) is 0 Å². The van der Waals surface area contributed by atoms with E-state index in [1.807, 2.05) is 13.8 Å². The topological polar surface area (TPSA) is 0 Å². The Kier molecular flexibility index (Phi) is 4.65. The van der Waals surface area contributed by atoms with Gasteiger partial charge in [0.1, 0.15) is 0 Å². The van der Waals surface area contributed by atoms with Crippen LogP contribution in [0.3, 0.4) is 0 Å². The van der Waals surface area contributed by atoms with E-state index >= 15 is 0 Å². The Morgan fingerprint density at radius 3 is 1.30 bits per heavy atom. The zero-order chi connectivity index (χ0) is 7.98. The van der Waals surface area contributed by atoms with Gasteiger partial charge < -0.3 is 0 Å². The van der Waals surface area contributed by atoms with Crippen molar-refractivity contribution in [2.45, 2.75) is 27.7 Å². The van der Waals surface area contributed by atoms with Gasteiger partial charge in [0, 0.05) is 0 Å². The van der Waals surface area contributed by atoms with Crippen molar-refractivity contribution in [2.24, 2.45) is 0 Å². The maximum Gasteiger partial charge on any atom is -0.0395 e. The van der Waals surface area contributed by atoms with Crippen LogP contribution in [0.25, 0.3) is 0 Å². The summed E-state index contributed by atoms with van der Waals surface area (Å²) < 4.78 is 0. The smallest absolute Gasteiger partial charge is 0.0395 e. The van der Waals surface area contributed by atoms with E-state index in [9.17, 15) is 0 Å². The standard InChI is InChI=1S/C10H16/c1-5-7-9(3)10(4)8-6-2/h5-8H,1-4H3/b7-5-,8-6+,10-9-. The molecule has 0 heterocycles. The molecular formula is C10H16. The Labute approximate surface area is 64.0 Å². The van der Waals surface area contributed by atoms with Crippen molar-refractivity contribution in [2.75, 3.05) is 0 Å². The highest BCUT2D eigenvalue weighted by atomic mass is 13.9. The summed E-state index contributed by atoms with van der Waals surface area (Å²) in [6.45, 7) is 8.31. The Hall–Kier alpha value is -0.780. The van der Waals surface area contributed by atoms with E-state index in [1.54, 1.807) is 0 Å². The lowest BCUT2D eigenvalue weighted by molar-refractivity contribution is 1.36. The molecular weight excluding hydrogens is 120 g/mol. The van der Waals surface area contributed by atoms with Crippen LogP contribution in [0.1, 0.15) is 27.7 Å².